The molecule has 0 atom stereocenters. The molecule has 0 amide bonds. The average Bonchev–Trinajstić information content (AvgIpc) is 2.53. The normalized spacial score (nSPS) is 10.6. The highest BCUT2D eigenvalue weighted by molar-refractivity contribution is 5.91. The zero-order valence-electron chi connectivity index (χ0n) is 12.2. The van der Waals surface area contributed by atoms with E-state index in [4.69, 9.17) is 4.74 Å². The number of methoxy groups -OCH3 is 1. The van der Waals surface area contributed by atoms with Crippen molar-refractivity contribution in [3.63, 3.8) is 0 Å². The fourth-order valence-electron chi connectivity index (χ4n) is 2.38. The molecule has 2 aromatic carbocycles. The van der Waals surface area contributed by atoms with Crippen LogP contribution < -0.4 is 5.56 Å². The van der Waals surface area contributed by atoms with Gasteiger partial charge in [-0.05, 0) is 42.3 Å². The highest BCUT2D eigenvalue weighted by atomic mass is 16.5. The Bertz CT molecular complexity index is 929. The molecule has 0 radical (unpaired) electrons. The fraction of sp³-hybridized carbons (Fsp3) is 0.118. The Kier molecular flexibility index (Phi) is 3.47. The van der Waals surface area contributed by atoms with Crippen molar-refractivity contribution in [3.05, 3.63) is 64.2 Å². The molecule has 0 fully saturated rings. The minimum atomic E-state index is -0.381. The van der Waals surface area contributed by atoms with Gasteiger partial charge in [-0.3, -0.25) is 4.79 Å². The van der Waals surface area contributed by atoms with Crippen LogP contribution in [0.25, 0.3) is 22.0 Å². The fourth-order valence-corrected chi connectivity index (χ4v) is 2.38. The SMILES string of the molecule is COC(=O)c1cccc(-c2ccc3c(=O)[nH]c(C)nc3c2)c1. The van der Waals surface area contributed by atoms with Crippen molar-refractivity contribution in [3.8, 4) is 11.1 Å². The number of esters is 1. The van der Waals surface area contributed by atoms with Crippen LogP contribution in [-0.4, -0.2) is 23.0 Å². The minimum Gasteiger partial charge on any atom is -0.465 e. The third-order valence-electron chi connectivity index (χ3n) is 3.44. The number of H-pyrrole nitrogens is 1. The van der Waals surface area contributed by atoms with Gasteiger partial charge >= 0.3 is 5.97 Å². The molecule has 0 bridgehead atoms. The lowest BCUT2D eigenvalue weighted by Gasteiger charge is -2.06. The Labute approximate surface area is 126 Å². The van der Waals surface area contributed by atoms with Gasteiger partial charge in [0, 0.05) is 0 Å². The lowest BCUT2D eigenvalue weighted by molar-refractivity contribution is 0.0601. The van der Waals surface area contributed by atoms with Crippen molar-refractivity contribution < 1.29 is 9.53 Å². The van der Waals surface area contributed by atoms with Crippen LogP contribution in [0, 0.1) is 6.92 Å². The summed E-state index contributed by atoms with van der Waals surface area (Å²) in [5, 5.41) is 0.540. The number of aromatic nitrogens is 2. The molecule has 3 aromatic rings. The summed E-state index contributed by atoms with van der Waals surface area (Å²) in [6, 6.07) is 12.6. The van der Waals surface area contributed by atoms with Gasteiger partial charge in [0.2, 0.25) is 0 Å². The van der Waals surface area contributed by atoms with Gasteiger partial charge in [0.1, 0.15) is 5.82 Å². The Morgan fingerprint density at radius 1 is 1.14 bits per heavy atom. The number of carbonyl (C=O) groups excluding carboxylic acids is 1. The zero-order chi connectivity index (χ0) is 15.7. The molecule has 1 heterocycles. The van der Waals surface area contributed by atoms with Crippen molar-refractivity contribution in [2.45, 2.75) is 6.92 Å². The predicted molar refractivity (Wildman–Crippen MR) is 83.9 cm³/mol. The van der Waals surface area contributed by atoms with E-state index in [1.54, 1.807) is 31.2 Å². The number of hydrogen-bond acceptors (Lipinski definition) is 4. The van der Waals surface area contributed by atoms with Crippen LogP contribution in [0.2, 0.25) is 0 Å². The van der Waals surface area contributed by atoms with Gasteiger partial charge in [0.15, 0.2) is 0 Å². The number of benzene rings is 2. The van der Waals surface area contributed by atoms with Crippen LogP contribution in [0.3, 0.4) is 0 Å². The van der Waals surface area contributed by atoms with E-state index in [1.165, 1.54) is 7.11 Å². The number of carbonyl (C=O) groups is 1. The van der Waals surface area contributed by atoms with E-state index in [9.17, 15) is 9.59 Å². The van der Waals surface area contributed by atoms with Crippen LogP contribution in [0.1, 0.15) is 16.2 Å². The number of hydrogen-bond donors (Lipinski definition) is 1. The second-order valence-electron chi connectivity index (χ2n) is 4.96. The lowest BCUT2D eigenvalue weighted by Crippen LogP contribution is -2.09. The van der Waals surface area contributed by atoms with Gasteiger partial charge in [-0.1, -0.05) is 18.2 Å². The number of fused-ring (bicyclic) bond motifs is 1. The van der Waals surface area contributed by atoms with E-state index in [1.807, 2.05) is 18.2 Å². The highest BCUT2D eigenvalue weighted by Gasteiger charge is 2.08. The zero-order valence-corrected chi connectivity index (χ0v) is 12.2. The summed E-state index contributed by atoms with van der Waals surface area (Å²) in [6.45, 7) is 1.74. The summed E-state index contributed by atoms with van der Waals surface area (Å²) in [5.41, 5.74) is 2.70. The molecule has 110 valence electrons. The minimum absolute atomic E-state index is 0.155. The Hall–Kier alpha value is -2.95. The molecule has 0 aliphatic carbocycles. The topological polar surface area (TPSA) is 72.1 Å². The van der Waals surface area contributed by atoms with Crippen molar-refractivity contribution in [1.29, 1.82) is 0 Å². The molecule has 5 heteroatoms. The van der Waals surface area contributed by atoms with E-state index in [-0.39, 0.29) is 11.5 Å². The molecular weight excluding hydrogens is 280 g/mol. The van der Waals surface area contributed by atoms with E-state index >= 15 is 0 Å². The number of nitrogens with zero attached hydrogens (tertiary/aromatic N) is 1. The molecule has 0 aliphatic heterocycles. The highest BCUT2D eigenvalue weighted by Crippen LogP contribution is 2.23. The number of nitrogens with one attached hydrogen (secondary N) is 1. The molecule has 0 unspecified atom stereocenters. The molecule has 5 nitrogen and oxygen atoms in total. The standard InChI is InChI=1S/C17H14N2O3/c1-10-18-15-9-12(6-7-14(15)16(20)19-10)11-4-3-5-13(8-11)17(21)22-2/h3-9H,1-2H3,(H,18,19,20). The first-order chi connectivity index (χ1) is 10.6. The van der Waals surface area contributed by atoms with Crippen LogP contribution in [0.15, 0.2) is 47.3 Å². The van der Waals surface area contributed by atoms with Gasteiger partial charge in [-0.25, -0.2) is 9.78 Å². The smallest absolute Gasteiger partial charge is 0.337 e. The molecule has 0 aliphatic rings. The summed E-state index contributed by atoms with van der Waals surface area (Å²) in [6.07, 6.45) is 0. The summed E-state index contributed by atoms with van der Waals surface area (Å²) in [5.74, 6) is 0.186. The third-order valence-corrected chi connectivity index (χ3v) is 3.44. The molecule has 0 spiro atoms. The number of aryl methyl sites for hydroxylation is 1. The summed E-state index contributed by atoms with van der Waals surface area (Å²) in [7, 11) is 1.35. The van der Waals surface area contributed by atoms with Gasteiger partial charge in [0.05, 0.1) is 23.6 Å². The second-order valence-corrected chi connectivity index (χ2v) is 4.96. The molecule has 1 N–H and O–H groups in total. The maximum atomic E-state index is 11.9. The molecular formula is C17H14N2O3. The van der Waals surface area contributed by atoms with E-state index in [0.717, 1.165) is 11.1 Å². The summed E-state index contributed by atoms with van der Waals surface area (Å²) in [4.78, 5) is 30.5. The van der Waals surface area contributed by atoms with E-state index in [2.05, 4.69) is 9.97 Å². The first-order valence-electron chi connectivity index (χ1n) is 6.78. The van der Waals surface area contributed by atoms with Crippen LogP contribution in [-0.2, 0) is 4.74 Å². The molecule has 3 rings (SSSR count). The predicted octanol–water partition coefficient (Wildman–Crippen LogP) is 2.69. The van der Waals surface area contributed by atoms with Crippen molar-refractivity contribution in [2.75, 3.05) is 7.11 Å². The molecule has 0 saturated heterocycles. The quantitative estimate of drug-likeness (QED) is 0.738. The van der Waals surface area contributed by atoms with Crippen LogP contribution in [0.4, 0.5) is 0 Å². The summed E-state index contributed by atoms with van der Waals surface area (Å²) >= 11 is 0. The number of rotatable bonds is 2. The van der Waals surface area contributed by atoms with Crippen LogP contribution >= 0.6 is 0 Å². The Balaban J connectivity index is 2.14. The largest absolute Gasteiger partial charge is 0.465 e. The van der Waals surface area contributed by atoms with Gasteiger partial charge in [-0.2, -0.15) is 0 Å². The molecule has 22 heavy (non-hydrogen) atoms. The number of ether oxygens (including phenoxy) is 1. The first kappa shape index (κ1) is 14.0. The van der Waals surface area contributed by atoms with Gasteiger partial charge < -0.3 is 9.72 Å². The Morgan fingerprint density at radius 3 is 2.68 bits per heavy atom. The van der Waals surface area contributed by atoms with Crippen molar-refractivity contribution >= 4 is 16.9 Å². The van der Waals surface area contributed by atoms with E-state index < -0.39 is 0 Å². The maximum Gasteiger partial charge on any atom is 0.337 e. The first-order valence-corrected chi connectivity index (χ1v) is 6.78. The molecule has 1 aromatic heterocycles. The van der Waals surface area contributed by atoms with E-state index in [0.29, 0.717) is 22.3 Å². The maximum absolute atomic E-state index is 11.9. The van der Waals surface area contributed by atoms with Crippen molar-refractivity contribution in [2.24, 2.45) is 0 Å². The lowest BCUT2D eigenvalue weighted by atomic mass is 10.0. The van der Waals surface area contributed by atoms with Gasteiger partial charge in [0.25, 0.3) is 5.56 Å². The summed E-state index contributed by atoms with van der Waals surface area (Å²) < 4.78 is 4.73. The number of aromatic amines is 1. The third kappa shape index (κ3) is 2.48. The van der Waals surface area contributed by atoms with Crippen LogP contribution in [0.5, 0.6) is 0 Å². The van der Waals surface area contributed by atoms with Crippen molar-refractivity contribution in [1.82, 2.24) is 9.97 Å². The average molecular weight is 294 g/mol. The second kappa shape index (κ2) is 5.44. The molecule has 0 saturated carbocycles. The van der Waals surface area contributed by atoms with Gasteiger partial charge in [-0.15, -0.1) is 0 Å². The monoisotopic (exact) mass is 294 g/mol. The Morgan fingerprint density at radius 2 is 1.91 bits per heavy atom.